The van der Waals surface area contributed by atoms with Crippen LogP contribution in [0.25, 0.3) is 0 Å². The molecule has 106 valence electrons. The fourth-order valence-corrected chi connectivity index (χ4v) is 7.86. The Morgan fingerprint density at radius 2 is 1.29 bits per heavy atom. The molecule has 3 rings (SSSR count). The van der Waals surface area contributed by atoms with Gasteiger partial charge in [0, 0.05) is 0 Å². The molecular weight excluding hydrogens is 274 g/mol. The van der Waals surface area contributed by atoms with Crippen molar-refractivity contribution in [3.05, 3.63) is 71.8 Å². The first kappa shape index (κ1) is 14.8. The lowest BCUT2D eigenvalue weighted by Gasteiger charge is -2.31. The van der Waals surface area contributed by atoms with Crippen molar-refractivity contribution in [1.82, 2.24) is 0 Å². The zero-order chi connectivity index (χ0) is 14.7. The Morgan fingerprint density at radius 3 is 1.67 bits per heavy atom. The standard InChI is InChI=1S/C18H21BOP/c19-21(14-13-20)17(15-7-3-1-4-8-15)11-12-18(21)16-9-5-2-6-10-16/h1-10,17-18,20H,11-14H2/q+1/t17-,18?,21?/m1/s1. The van der Waals surface area contributed by atoms with Crippen LogP contribution in [0, 0.1) is 0 Å². The largest absolute Gasteiger partial charge is 0.393 e. The van der Waals surface area contributed by atoms with Crippen LogP contribution in [0.15, 0.2) is 60.7 Å². The quantitative estimate of drug-likeness (QED) is 0.656. The molecule has 2 aromatic rings. The first-order chi connectivity index (χ1) is 10.3. The Bertz CT molecular complexity index is 525. The van der Waals surface area contributed by atoms with E-state index < -0.39 is 7.14 Å². The Hall–Kier alpha value is -1.11. The Morgan fingerprint density at radius 1 is 0.857 bits per heavy atom. The molecule has 1 N–H and O–H groups in total. The zero-order valence-electron chi connectivity index (χ0n) is 12.2. The van der Waals surface area contributed by atoms with Crippen molar-refractivity contribution in [3.63, 3.8) is 0 Å². The summed E-state index contributed by atoms with van der Waals surface area (Å²) >= 11 is 0. The van der Waals surface area contributed by atoms with Crippen LogP contribution in [0.2, 0.25) is 0 Å². The average molecular weight is 295 g/mol. The molecule has 0 bridgehead atoms. The third kappa shape index (κ3) is 2.80. The normalized spacial score (nSPS) is 28.6. The topological polar surface area (TPSA) is 20.2 Å². The van der Waals surface area contributed by atoms with E-state index in [4.69, 9.17) is 7.57 Å². The third-order valence-corrected chi connectivity index (χ3v) is 9.14. The lowest BCUT2D eigenvalue weighted by Crippen LogP contribution is -2.12. The number of rotatable bonds is 4. The van der Waals surface area contributed by atoms with E-state index in [1.54, 1.807) is 0 Å². The van der Waals surface area contributed by atoms with Gasteiger partial charge in [-0.1, -0.05) is 60.7 Å². The van der Waals surface area contributed by atoms with Crippen LogP contribution >= 0.6 is 7.14 Å². The minimum absolute atomic E-state index is 0.191. The molecule has 2 radical (unpaired) electrons. The predicted octanol–water partition coefficient (Wildman–Crippen LogP) is 4.36. The van der Waals surface area contributed by atoms with Crippen LogP contribution in [0.5, 0.6) is 0 Å². The fraction of sp³-hybridized carbons (Fsp3) is 0.333. The van der Waals surface area contributed by atoms with Gasteiger partial charge in [0.05, 0.1) is 24.1 Å². The summed E-state index contributed by atoms with van der Waals surface area (Å²) in [4.78, 5) is 0. The number of aliphatic hydroxyl groups excluding tert-OH is 1. The summed E-state index contributed by atoms with van der Waals surface area (Å²) in [6.07, 6.45) is 3.02. The molecule has 0 amide bonds. The van der Waals surface area contributed by atoms with E-state index in [9.17, 15) is 5.11 Å². The van der Waals surface area contributed by atoms with Gasteiger partial charge in [0.2, 0.25) is 0 Å². The van der Waals surface area contributed by atoms with Crippen LogP contribution in [0.3, 0.4) is 0 Å². The highest BCUT2D eigenvalue weighted by Gasteiger charge is 2.53. The van der Waals surface area contributed by atoms with Crippen molar-refractivity contribution in [3.8, 4) is 0 Å². The SMILES string of the molecule is [B][P+]1(CCO)C(c2ccccc2)CC[C@@H]1c1ccccc1. The zero-order valence-corrected chi connectivity index (χ0v) is 13.1. The maximum atomic E-state index is 9.57. The first-order valence-electron chi connectivity index (χ1n) is 7.62. The maximum Gasteiger partial charge on any atom is 0.366 e. The van der Waals surface area contributed by atoms with Crippen molar-refractivity contribution in [2.45, 2.75) is 24.2 Å². The first-order valence-corrected chi connectivity index (χ1v) is 9.80. The second kappa shape index (κ2) is 6.34. The van der Waals surface area contributed by atoms with Gasteiger partial charge in [-0.15, -0.1) is 0 Å². The lowest BCUT2D eigenvalue weighted by molar-refractivity contribution is 0.321. The summed E-state index contributed by atoms with van der Waals surface area (Å²) in [6.45, 7) is 0.191. The third-order valence-electron chi connectivity index (χ3n) is 4.73. The van der Waals surface area contributed by atoms with Gasteiger partial charge in [-0.3, -0.25) is 0 Å². The van der Waals surface area contributed by atoms with Crippen LogP contribution in [-0.4, -0.2) is 25.4 Å². The highest BCUT2D eigenvalue weighted by molar-refractivity contribution is 7.98. The van der Waals surface area contributed by atoms with Gasteiger partial charge in [-0.25, -0.2) is 0 Å². The van der Waals surface area contributed by atoms with Crippen molar-refractivity contribution >= 4 is 14.7 Å². The summed E-state index contributed by atoms with van der Waals surface area (Å²) in [5.74, 6) is 0. The van der Waals surface area contributed by atoms with Crippen LogP contribution in [0.4, 0.5) is 0 Å². The number of hydrogen-bond donors (Lipinski definition) is 1. The monoisotopic (exact) mass is 295 g/mol. The summed E-state index contributed by atoms with van der Waals surface area (Å²) in [5, 5.41) is 9.57. The van der Waals surface area contributed by atoms with Gasteiger partial charge < -0.3 is 5.11 Å². The molecule has 1 aliphatic heterocycles. The molecule has 0 saturated carbocycles. The van der Waals surface area contributed by atoms with E-state index in [0.29, 0.717) is 11.3 Å². The van der Waals surface area contributed by atoms with Gasteiger partial charge in [0.1, 0.15) is 0 Å². The molecule has 1 aliphatic rings. The fourth-order valence-electron chi connectivity index (χ4n) is 3.74. The minimum atomic E-state index is -1.73. The Labute approximate surface area is 129 Å². The van der Waals surface area contributed by atoms with Gasteiger partial charge >= 0.3 is 7.57 Å². The molecule has 2 unspecified atom stereocenters. The molecule has 1 heterocycles. The molecule has 0 aliphatic carbocycles. The Kier molecular flexibility index (Phi) is 4.47. The molecule has 21 heavy (non-hydrogen) atoms. The van der Waals surface area contributed by atoms with Crippen molar-refractivity contribution in [2.24, 2.45) is 0 Å². The highest BCUT2D eigenvalue weighted by atomic mass is 31.2. The summed E-state index contributed by atoms with van der Waals surface area (Å²) in [6, 6.07) is 21.2. The molecule has 0 aromatic heterocycles. The van der Waals surface area contributed by atoms with E-state index in [0.717, 1.165) is 19.0 Å². The summed E-state index contributed by atoms with van der Waals surface area (Å²) in [5.41, 5.74) is 3.55. The van der Waals surface area contributed by atoms with Crippen molar-refractivity contribution < 1.29 is 5.11 Å². The number of benzene rings is 2. The smallest absolute Gasteiger partial charge is 0.366 e. The lowest BCUT2D eigenvalue weighted by atomic mass is 10.0. The van der Waals surface area contributed by atoms with Crippen molar-refractivity contribution in [2.75, 3.05) is 12.8 Å². The highest BCUT2D eigenvalue weighted by Crippen LogP contribution is 2.81. The van der Waals surface area contributed by atoms with Gasteiger partial charge in [0.15, 0.2) is 0 Å². The van der Waals surface area contributed by atoms with E-state index in [1.165, 1.54) is 11.1 Å². The molecule has 1 saturated heterocycles. The van der Waals surface area contributed by atoms with E-state index in [1.807, 2.05) is 0 Å². The molecule has 1 fully saturated rings. The predicted molar refractivity (Wildman–Crippen MR) is 92.2 cm³/mol. The van der Waals surface area contributed by atoms with Crippen LogP contribution in [0.1, 0.15) is 35.3 Å². The number of aliphatic hydroxyl groups is 1. The van der Waals surface area contributed by atoms with Crippen LogP contribution < -0.4 is 0 Å². The molecule has 2 aromatic carbocycles. The van der Waals surface area contributed by atoms with Gasteiger partial charge in [-0.2, -0.15) is 0 Å². The second-order valence-electron chi connectivity index (χ2n) is 5.87. The van der Waals surface area contributed by atoms with Gasteiger partial charge in [0.25, 0.3) is 0 Å². The summed E-state index contributed by atoms with van der Waals surface area (Å²) in [7, 11) is 5.24. The minimum Gasteiger partial charge on any atom is -0.393 e. The van der Waals surface area contributed by atoms with Crippen molar-refractivity contribution in [1.29, 1.82) is 0 Å². The van der Waals surface area contributed by atoms with E-state index >= 15 is 0 Å². The molecule has 0 spiro atoms. The molecule has 3 heteroatoms. The molecule has 3 atom stereocenters. The summed E-state index contributed by atoms with van der Waals surface area (Å²) < 4.78 is 0. The van der Waals surface area contributed by atoms with Crippen LogP contribution in [-0.2, 0) is 0 Å². The van der Waals surface area contributed by atoms with E-state index in [-0.39, 0.29) is 6.61 Å². The van der Waals surface area contributed by atoms with E-state index in [2.05, 4.69) is 60.7 Å². The average Bonchev–Trinajstić information content (AvgIpc) is 2.86. The second-order valence-corrected chi connectivity index (χ2v) is 9.56. The molecular formula is C18H21BOP+. The van der Waals surface area contributed by atoms with Gasteiger partial charge in [-0.05, 0) is 31.1 Å². The maximum absolute atomic E-state index is 9.57. The molecule has 1 nitrogen and oxygen atoms in total. The Balaban J connectivity index is 1.97. The number of hydrogen-bond acceptors (Lipinski definition) is 1.